The van der Waals surface area contributed by atoms with Crippen LogP contribution in [0.15, 0.2) is 170 Å². The predicted molar refractivity (Wildman–Crippen MR) is 190 cm³/mol. The molecule has 9 rings (SSSR count). The van der Waals surface area contributed by atoms with E-state index in [2.05, 4.69) is 174 Å². The molecule has 8 aromatic carbocycles. The normalized spacial score (nSPS) is 11.6. The van der Waals surface area contributed by atoms with Crippen LogP contribution in [0, 0.1) is 0 Å². The summed E-state index contributed by atoms with van der Waals surface area (Å²) in [5.41, 5.74) is 9.32. The SMILES string of the molecule is c1ccc(-c2c3ccccc3c(-c3ccc4cc(-c5nc6ccccc6n5-c5ccccc5)ccc4c3)c3ccccc23)cc1. The quantitative estimate of drug-likeness (QED) is 0.192. The number of hydrogen-bond donors (Lipinski definition) is 0. The molecule has 0 atom stereocenters. The predicted octanol–water partition coefficient (Wildman–Crippen LogP) is 11.5. The van der Waals surface area contributed by atoms with Crippen molar-refractivity contribution in [3.8, 4) is 39.3 Å². The van der Waals surface area contributed by atoms with Crippen molar-refractivity contribution in [2.45, 2.75) is 0 Å². The van der Waals surface area contributed by atoms with Crippen LogP contribution >= 0.6 is 0 Å². The summed E-state index contributed by atoms with van der Waals surface area (Å²) in [5.74, 6) is 0.946. The van der Waals surface area contributed by atoms with Crippen LogP contribution in [0.3, 0.4) is 0 Å². The van der Waals surface area contributed by atoms with E-state index in [9.17, 15) is 0 Å². The first-order valence-electron chi connectivity index (χ1n) is 15.4. The molecule has 1 aromatic heterocycles. The van der Waals surface area contributed by atoms with Crippen molar-refractivity contribution in [2.75, 3.05) is 0 Å². The number of benzene rings is 8. The lowest BCUT2D eigenvalue weighted by Gasteiger charge is -2.18. The molecular weight excluding hydrogens is 544 g/mol. The molecule has 0 saturated heterocycles. The lowest BCUT2D eigenvalue weighted by molar-refractivity contribution is 1.10. The maximum Gasteiger partial charge on any atom is 0.145 e. The van der Waals surface area contributed by atoms with Crippen molar-refractivity contribution in [3.63, 3.8) is 0 Å². The summed E-state index contributed by atoms with van der Waals surface area (Å²) < 4.78 is 2.26. The van der Waals surface area contributed by atoms with E-state index in [1.165, 1.54) is 54.6 Å². The minimum atomic E-state index is 0.946. The van der Waals surface area contributed by atoms with Crippen LogP contribution in [0.2, 0.25) is 0 Å². The van der Waals surface area contributed by atoms with E-state index in [0.717, 1.165) is 28.1 Å². The van der Waals surface area contributed by atoms with Gasteiger partial charge in [-0.3, -0.25) is 4.57 Å². The number of hydrogen-bond acceptors (Lipinski definition) is 1. The first kappa shape index (κ1) is 25.5. The second-order valence-electron chi connectivity index (χ2n) is 11.6. The van der Waals surface area contributed by atoms with Gasteiger partial charge >= 0.3 is 0 Å². The van der Waals surface area contributed by atoms with Gasteiger partial charge in [-0.2, -0.15) is 0 Å². The molecule has 0 aliphatic carbocycles. The van der Waals surface area contributed by atoms with Crippen molar-refractivity contribution < 1.29 is 0 Å². The maximum absolute atomic E-state index is 5.10. The molecule has 1 heterocycles. The second kappa shape index (κ2) is 10.3. The molecule has 2 heteroatoms. The summed E-state index contributed by atoms with van der Waals surface area (Å²) in [4.78, 5) is 5.10. The van der Waals surface area contributed by atoms with E-state index >= 15 is 0 Å². The number of fused-ring (bicyclic) bond motifs is 4. The minimum absolute atomic E-state index is 0.946. The first-order chi connectivity index (χ1) is 22.3. The molecule has 45 heavy (non-hydrogen) atoms. The number of imidazole rings is 1. The van der Waals surface area contributed by atoms with Crippen molar-refractivity contribution >= 4 is 43.4 Å². The number of aromatic nitrogens is 2. The van der Waals surface area contributed by atoms with Gasteiger partial charge in [0.25, 0.3) is 0 Å². The van der Waals surface area contributed by atoms with Gasteiger partial charge in [0.1, 0.15) is 5.82 Å². The van der Waals surface area contributed by atoms with Crippen molar-refractivity contribution in [3.05, 3.63) is 170 Å². The second-order valence-corrected chi connectivity index (χ2v) is 11.6. The van der Waals surface area contributed by atoms with Crippen LogP contribution < -0.4 is 0 Å². The largest absolute Gasteiger partial charge is 0.292 e. The average molecular weight is 573 g/mol. The van der Waals surface area contributed by atoms with E-state index in [1.807, 2.05) is 0 Å². The molecule has 0 amide bonds. The van der Waals surface area contributed by atoms with E-state index in [-0.39, 0.29) is 0 Å². The van der Waals surface area contributed by atoms with Gasteiger partial charge in [-0.05, 0) is 91.0 Å². The summed E-state index contributed by atoms with van der Waals surface area (Å²) in [7, 11) is 0. The van der Waals surface area contributed by atoms with E-state index in [0.29, 0.717) is 0 Å². The molecule has 0 aliphatic rings. The van der Waals surface area contributed by atoms with Gasteiger partial charge in [-0.15, -0.1) is 0 Å². The van der Waals surface area contributed by atoms with Gasteiger partial charge in [0.05, 0.1) is 11.0 Å². The van der Waals surface area contributed by atoms with E-state index in [4.69, 9.17) is 4.98 Å². The fourth-order valence-corrected chi connectivity index (χ4v) is 6.95. The molecule has 0 N–H and O–H groups in total. The molecule has 0 bridgehead atoms. The average Bonchev–Trinajstić information content (AvgIpc) is 3.50. The Labute approximate surface area is 261 Å². The minimum Gasteiger partial charge on any atom is -0.292 e. The zero-order valence-electron chi connectivity index (χ0n) is 24.6. The number of rotatable bonds is 4. The molecule has 0 fully saturated rings. The van der Waals surface area contributed by atoms with Crippen molar-refractivity contribution in [1.82, 2.24) is 9.55 Å². The van der Waals surface area contributed by atoms with Gasteiger partial charge in [0.2, 0.25) is 0 Å². The van der Waals surface area contributed by atoms with E-state index < -0.39 is 0 Å². The van der Waals surface area contributed by atoms with Gasteiger partial charge in [-0.1, -0.05) is 133 Å². The third-order valence-corrected chi connectivity index (χ3v) is 8.96. The topological polar surface area (TPSA) is 17.8 Å². The zero-order chi connectivity index (χ0) is 29.7. The lowest BCUT2D eigenvalue weighted by Crippen LogP contribution is -1.97. The van der Waals surface area contributed by atoms with Gasteiger partial charge in [0, 0.05) is 11.3 Å². The van der Waals surface area contributed by atoms with Crippen LogP contribution in [-0.4, -0.2) is 9.55 Å². The third kappa shape index (κ3) is 4.15. The standard InChI is InChI=1S/C43H28N2/c1-3-13-29(14-4-1)41-35-17-7-9-19-37(35)42(38-20-10-8-18-36(38)41)32-25-23-31-28-33(26-24-30(31)27-32)43-44-39-21-11-12-22-40(39)45(43)34-15-5-2-6-16-34/h1-28H. The molecular formula is C43H28N2. The van der Waals surface area contributed by atoms with Gasteiger partial charge in [-0.25, -0.2) is 4.98 Å². The lowest BCUT2D eigenvalue weighted by atomic mass is 9.85. The Balaban J connectivity index is 1.24. The summed E-state index contributed by atoms with van der Waals surface area (Å²) >= 11 is 0. The molecule has 2 nitrogen and oxygen atoms in total. The molecule has 0 saturated carbocycles. The van der Waals surface area contributed by atoms with Crippen molar-refractivity contribution in [2.24, 2.45) is 0 Å². The molecule has 0 spiro atoms. The highest BCUT2D eigenvalue weighted by molar-refractivity contribution is 6.21. The molecule has 0 radical (unpaired) electrons. The van der Waals surface area contributed by atoms with Gasteiger partial charge < -0.3 is 0 Å². The van der Waals surface area contributed by atoms with Crippen LogP contribution in [0.1, 0.15) is 0 Å². The highest BCUT2D eigenvalue weighted by Crippen LogP contribution is 2.44. The zero-order valence-corrected chi connectivity index (χ0v) is 24.6. The Morgan fingerprint density at radius 3 is 1.51 bits per heavy atom. The number of nitrogens with zero attached hydrogens (tertiary/aromatic N) is 2. The maximum atomic E-state index is 5.10. The fourth-order valence-electron chi connectivity index (χ4n) is 6.95. The summed E-state index contributed by atoms with van der Waals surface area (Å²) in [6, 6.07) is 60.9. The Bertz CT molecular complexity index is 2470. The monoisotopic (exact) mass is 572 g/mol. The van der Waals surface area contributed by atoms with Crippen LogP contribution in [0.5, 0.6) is 0 Å². The Kier molecular flexibility index (Phi) is 5.85. The fraction of sp³-hybridized carbons (Fsp3) is 0. The highest BCUT2D eigenvalue weighted by Gasteiger charge is 2.18. The van der Waals surface area contributed by atoms with Crippen LogP contribution in [-0.2, 0) is 0 Å². The molecule has 9 aromatic rings. The summed E-state index contributed by atoms with van der Waals surface area (Å²) in [6.07, 6.45) is 0. The third-order valence-electron chi connectivity index (χ3n) is 8.96. The van der Waals surface area contributed by atoms with E-state index in [1.54, 1.807) is 0 Å². The number of para-hydroxylation sites is 3. The smallest absolute Gasteiger partial charge is 0.145 e. The van der Waals surface area contributed by atoms with Crippen LogP contribution in [0.4, 0.5) is 0 Å². The Morgan fingerprint density at radius 1 is 0.378 bits per heavy atom. The summed E-state index contributed by atoms with van der Waals surface area (Å²) in [5, 5.41) is 7.47. The first-order valence-corrected chi connectivity index (χ1v) is 15.4. The van der Waals surface area contributed by atoms with Crippen molar-refractivity contribution in [1.29, 1.82) is 0 Å². The Morgan fingerprint density at radius 2 is 0.867 bits per heavy atom. The van der Waals surface area contributed by atoms with Crippen LogP contribution in [0.25, 0.3) is 82.7 Å². The Hall–Kier alpha value is -5.99. The molecule has 0 aliphatic heterocycles. The summed E-state index contributed by atoms with van der Waals surface area (Å²) in [6.45, 7) is 0. The molecule has 210 valence electrons. The van der Waals surface area contributed by atoms with Gasteiger partial charge in [0.15, 0.2) is 0 Å². The highest BCUT2D eigenvalue weighted by atomic mass is 15.1. The molecule has 0 unspecified atom stereocenters.